The highest BCUT2D eigenvalue weighted by atomic mass is 16.6. The van der Waals surface area contributed by atoms with Crippen LogP contribution >= 0.6 is 0 Å². The van der Waals surface area contributed by atoms with E-state index in [2.05, 4.69) is 5.32 Å². The molecule has 9 nitrogen and oxygen atoms in total. The number of benzene rings is 2. The molecule has 146 valence electrons. The molecule has 1 amide bonds. The molecule has 9 heteroatoms. The monoisotopic (exact) mass is 386 g/mol. The number of esters is 2. The first kappa shape index (κ1) is 20.6. The summed E-state index contributed by atoms with van der Waals surface area (Å²) in [4.78, 5) is 45.5. The molecule has 0 aliphatic rings. The van der Waals surface area contributed by atoms with Gasteiger partial charge in [-0.3, -0.25) is 14.9 Å². The number of rotatable bonds is 8. The second kappa shape index (κ2) is 9.81. The fraction of sp³-hybridized carbons (Fsp3) is 0.211. The fourth-order valence-electron chi connectivity index (χ4n) is 2.10. The van der Waals surface area contributed by atoms with Crippen molar-refractivity contribution in [2.24, 2.45) is 0 Å². The van der Waals surface area contributed by atoms with Crippen molar-refractivity contribution in [3.8, 4) is 0 Å². The highest BCUT2D eigenvalue weighted by molar-refractivity contribution is 5.96. The summed E-state index contributed by atoms with van der Waals surface area (Å²) in [6.07, 6.45) is 0.721. The van der Waals surface area contributed by atoms with Crippen molar-refractivity contribution in [2.75, 3.05) is 18.5 Å². The summed E-state index contributed by atoms with van der Waals surface area (Å²) in [6, 6.07) is 10.9. The summed E-state index contributed by atoms with van der Waals surface area (Å²) in [7, 11) is 0. The van der Waals surface area contributed by atoms with Crippen LogP contribution in [0.25, 0.3) is 0 Å². The first-order valence-corrected chi connectivity index (χ1v) is 8.39. The van der Waals surface area contributed by atoms with Gasteiger partial charge in [-0.05, 0) is 42.8 Å². The van der Waals surface area contributed by atoms with Gasteiger partial charge in [-0.15, -0.1) is 0 Å². The van der Waals surface area contributed by atoms with E-state index in [0.717, 1.165) is 6.42 Å². The molecule has 0 bridgehead atoms. The van der Waals surface area contributed by atoms with Crippen LogP contribution in [-0.4, -0.2) is 36.0 Å². The lowest BCUT2D eigenvalue weighted by atomic mass is 10.2. The Morgan fingerprint density at radius 1 is 0.929 bits per heavy atom. The Morgan fingerprint density at radius 2 is 1.46 bits per heavy atom. The number of hydrogen-bond donors (Lipinski definition) is 1. The Balaban J connectivity index is 1.84. The Labute approximate surface area is 160 Å². The SMILES string of the molecule is CCCOC(=O)c1ccc(NC(=O)COC(=O)c2ccc([N+](=O)[O-])cc2)cc1. The average molecular weight is 386 g/mol. The predicted octanol–water partition coefficient (Wildman–Crippen LogP) is 2.96. The molecule has 2 aromatic rings. The van der Waals surface area contributed by atoms with Crippen LogP contribution in [-0.2, 0) is 14.3 Å². The molecule has 28 heavy (non-hydrogen) atoms. The second-order valence-electron chi connectivity index (χ2n) is 5.64. The number of hydrogen-bond acceptors (Lipinski definition) is 7. The lowest BCUT2D eigenvalue weighted by molar-refractivity contribution is -0.384. The predicted molar refractivity (Wildman–Crippen MR) is 99.0 cm³/mol. The number of nitro groups is 1. The zero-order valence-electron chi connectivity index (χ0n) is 15.0. The van der Waals surface area contributed by atoms with E-state index >= 15 is 0 Å². The highest BCUT2D eigenvalue weighted by Crippen LogP contribution is 2.13. The van der Waals surface area contributed by atoms with Gasteiger partial charge in [0.2, 0.25) is 0 Å². The molecule has 1 N–H and O–H groups in total. The van der Waals surface area contributed by atoms with E-state index in [1.165, 1.54) is 48.5 Å². The number of carbonyl (C=O) groups is 3. The van der Waals surface area contributed by atoms with Crippen LogP contribution in [0.15, 0.2) is 48.5 Å². The molecule has 0 radical (unpaired) electrons. The number of nitrogens with zero attached hydrogens (tertiary/aromatic N) is 1. The third kappa shape index (κ3) is 5.90. The Hall–Kier alpha value is -3.75. The molecular weight excluding hydrogens is 368 g/mol. The molecule has 0 aromatic heterocycles. The van der Waals surface area contributed by atoms with Gasteiger partial charge in [0.1, 0.15) is 0 Å². The summed E-state index contributed by atoms with van der Waals surface area (Å²) in [5, 5.41) is 13.1. The quantitative estimate of drug-likeness (QED) is 0.420. The minimum Gasteiger partial charge on any atom is -0.462 e. The molecule has 0 saturated carbocycles. The molecule has 2 aromatic carbocycles. The molecule has 0 aliphatic carbocycles. The molecule has 0 atom stereocenters. The summed E-state index contributed by atoms with van der Waals surface area (Å²) >= 11 is 0. The molecule has 0 fully saturated rings. The highest BCUT2D eigenvalue weighted by Gasteiger charge is 2.13. The van der Waals surface area contributed by atoms with Gasteiger partial charge >= 0.3 is 11.9 Å². The van der Waals surface area contributed by atoms with E-state index in [1.54, 1.807) is 0 Å². The number of non-ortho nitro benzene ring substituents is 1. The third-order valence-electron chi connectivity index (χ3n) is 3.49. The molecule has 2 rings (SSSR count). The van der Waals surface area contributed by atoms with E-state index < -0.39 is 29.4 Å². The maximum atomic E-state index is 11.9. The van der Waals surface area contributed by atoms with Crippen LogP contribution in [0.1, 0.15) is 34.1 Å². The maximum Gasteiger partial charge on any atom is 0.338 e. The third-order valence-corrected chi connectivity index (χ3v) is 3.49. The fourth-order valence-corrected chi connectivity index (χ4v) is 2.10. The number of nitrogens with one attached hydrogen (secondary N) is 1. The number of nitro benzene ring substituents is 1. The Morgan fingerprint density at radius 3 is 2.00 bits per heavy atom. The van der Waals surface area contributed by atoms with Crippen molar-refractivity contribution in [2.45, 2.75) is 13.3 Å². The number of carbonyl (C=O) groups excluding carboxylic acids is 3. The van der Waals surface area contributed by atoms with Crippen molar-refractivity contribution in [3.63, 3.8) is 0 Å². The van der Waals surface area contributed by atoms with E-state index in [1.807, 2.05) is 6.92 Å². The zero-order valence-corrected chi connectivity index (χ0v) is 15.0. The van der Waals surface area contributed by atoms with Crippen LogP contribution in [0.5, 0.6) is 0 Å². The summed E-state index contributed by atoms with van der Waals surface area (Å²) < 4.78 is 9.88. The van der Waals surface area contributed by atoms with Crippen molar-refractivity contribution in [1.82, 2.24) is 0 Å². The van der Waals surface area contributed by atoms with Gasteiger partial charge in [-0.2, -0.15) is 0 Å². The largest absolute Gasteiger partial charge is 0.462 e. The minimum atomic E-state index is -0.779. The first-order chi connectivity index (χ1) is 13.4. The summed E-state index contributed by atoms with van der Waals surface area (Å²) in [6.45, 7) is 1.69. The number of amides is 1. The van der Waals surface area contributed by atoms with Crippen molar-refractivity contribution < 1.29 is 28.8 Å². The second-order valence-corrected chi connectivity index (χ2v) is 5.64. The topological polar surface area (TPSA) is 125 Å². The lowest BCUT2D eigenvalue weighted by Gasteiger charge is -2.08. The zero-order chi connectivity index (χ0) is 20.5. The van der Waals surface area contributed by atoms with Crippen molar-refractivity contribution in [3.05, 3.63) is 69.8 Å². The smallest absolute Gasteiger partial charge is 0.338 e. The molecule has 0 aliphatic heterocycles. The van der Waals surface area contributed by atoms with Crippen LogP contribution in [0.4, 0.5) is 11.4 Å². The molecule has 0 saturated heterocycles. The van der Waals surface area contributed by atoms with Gasteiger partial charge in [0, 0.05) is 17.8 Å². The van der Waals surface area contributed by atoms with Crippen molar-refractivity contribution >= 4 is 29.2 Å². The van der Waals surface area contributed by atoms with Gasteiger partial charge < -0.3 is 14.8 Å². The number of ether oxygens (including phenoxy) is 2. The van der Waals surface area contributed by atoms with E-state index in [9.17, 15) is 24.5 Å². The van der Waals surface area contributed by atoms with E-state index in [-0.39, 0.29) is 11.3 Å². The maximum absolute atomic E-state index is 11.9. The van der Waals surface area contributed by atoms with Gasteiger partial charge in [0.15, 0.2) is 6.61 Å². The molecule has 0 heterocycles. The van der Waals surface area contributed by atoms with Gasteiger partial charge in [0.25, 0.3) is 11.6 Å². The Kier molecular flexibility index (Phi) is 7.21. The van der Waals surface area contributed by atoms with Gasteiger partial charge in [0.05, 0.1) is 22.7 Å². The molecular formula is C19H18N2O7. The first-order valence-electron chi connectivity index (χ1n) is 8.39. The Bertz CT molecular complexity index is 861. The minimum absolute atomic E-state index is 0.0911. The summed E-state index contributed by atoms with van der Waals surface area (Å²) in [5.74, 6) is -1.80. The van der Waals surface area contributed by atoms with Crippen LogP contribution in [0.2, 0.25) is 0 Å². The van der Waals surface area contributed by atoms with Gasteiger partial charge in [-0.1, -0.05) is 6.92 Å². The molecule has 0 spiro atoms. The normalized spacial score (nSPS) is 10.0. The standard InChI is InChI=1S/C19H18N2O7/c1-2-11-27-18(23)13-3-7-15(8-4-13)20-17(22)12-28-19(24)14-5-9-16(10-6-14)21(25)26/h3-10H,2,11-12H2,1H3,(H,20,22). The summed E-state index contributed by atoms with van der Waals surface area (Å²) in [5.41, 5.74) is 0.712. The van der Waals surface area contributed by atoms with Crippen molar-refractivity contribution in [1.29, 1.82) is 0 Å². The van der Waals surface area contributed by atoms with Gasteiger partial charge in [-0.25, -0.2) is 9.59 Å². The number of anilines is 1. The van der Waals surface area contributed by atoms with E-state index in [4.69, 9.17) is 9.47 Å². The van der Waals surface area contributed by atoms with Crippen LogP contribution in [0, 0.1) is 10.1 Å². The van der Waals surface area contributed by atoms with Crippen LogP contribution in [0.3, 0.4) is 0 Å². The average Bonchev–Trinajstić information content (AvgIpc) is 2.70. The molecule has 0 unspecified atom stereocenters. The van der Waals surface area contributed by atoms with E-state index in [0.29, 0.717) is 17.9 Å². The van der Waals surface area contributed by atoms with Crippen LogP contribution < -0.4 is 5.32 Å². The lowest BCUT2D eigenvalue weighted by Crippen LogP contribution is -2.21.